The lowest BCUT2D eigenvalue weighted by Gasteiger charge is -2.15. The highest BCUT2D eigenvalue weighted by Gasteiger charge is 2.06. The monoisotopic (exact) mass is 210 g/mol. The van der Waals surface area contributed by atoms with Crippen LogP contribution in [0.3, 0.4) is 0 Å². The van der Waals surface area contributed by atoms with Crippen molar-refractivity contribution in [2.75, 3.05) is 0 Å². The molecule has 0 N–H and O–H groups in total. The Morgan fingerprint density at radius 3 is 1.07 bits per heavy atom. The zero-order chi connectivity index (χ0) is 10.9. The smallest absolute Gasteiger partial charge is 0.0443 e. The Balaban J connectivity index is 0.000000151. The molecule has 0 aliphatic heterocycles. The fourth-order valence-corrected chi connectivity index (χ4v) is 2.79. The second-order valence-corrected chi connectivity index (χ2v) is 5.84. The highest BCUT2D eigenvalue weighted by molar-refractivity contribution is 4.60. The van der Waals surface area contributed by atoms with Crippen molar-refractivity contribution in [1.82, 2.24) is 0 Å². The molecule has 2 saturated carbocycles. The van der Waals surface area contributed by atoms with Crippen LogP contribution in [0.5, 0.6) is 0 Å². The molecule has 90 valence electrons. The molecule has 0 aromatic carbocycles. The van der Waals surface area contributed by atoms with Gasteiger partial charge in [0.25, 0.3) is 0 Å². The van der Waals surface area contributed by atoms with E-state index in [9.17, 15) is 0 Å². The molecule has 0 nitrogen and oxygen atoms in total. The fraction of sp³-hybridized carbons (Fsp3) is 1.00. The lowest BCUT2D eigenvalue weighted by molar-refractivity contribution is 0.385. The van der Waals surface area contributed by atoms with Gasteiger partial charge in [-0.2, -0.15) is 0 Å². The number of hydrogen-bond acceptors (Lipinski definition) is 0. The summed E-state index contributed by atoms with van der Waals surface area (Å²) in [5.74, 6) is 2.06. The predicted octanol–water partition coefficient (Wildman–Crippen LogP) is 5.56. The summed E-state index contributed by atoms with van der Waals surface area (Å²) in [7, 11) is 0. The summed E-state index contributed by atoms with van der Waals surface area (Å²) in [6.07, 6.45) is 16.4. The van der Waals surface area contributed by atoms with E-state index in [0.29, 0.717) is 0 Å². The van der Waals surface area contributed by atoms with E-state index in [1.807, 2.05) is 0 Å². The molecule has 0 atom stereocenters. The summed E-state index contributed by atoms with van der Waals surface area (Å²) >= 11 is 0. The minimum absolute atomic E-state index is 1.03. The molecule has 0 spiro atoms. The molecule has 0 amide bonds. The highest BCUT2D eigenvalue weighted by Crippen LogP contribution is 2.22. The van der Waals surface area contributed by atoms with E-state index in [1.165, 1.54) is 70.6 Å². The molecule has 0 heterocycles. The van der Waals surface area contributed by atoms with E-state index in [4.69, 9.17) is 0 Å². The van der Waals surface area contributed by atoms with Gasteiger partial charge in [-0.15, -0.1) is 0 Å². The van der Waals surface area contributed by atoms with Crippen molar-refractivity contribution >= 4 is 0 Å². The van der Waals surface area contributed by atoms with Gasteiger partial charge in [0, 0.05) is 0 Å². The van der Waals surface area contributed by atoms with Crippen LogP contribution >= 0.6 is 0 Å². The first-order chi connectivity index (χ1) is 7.29. The molecule has 2 rings (SSSR count). The molecule has 2 aliphatic rings. The van der Waals surface area contributed by atoms with Crippen molar-refractivity contribution in [1.29, 1.82) is 0 Å². The van der Waals surface area contributed by atoms with Crippen LogP contribution in [0.25, 0.3) is 0 Å². The third kappa shape index (κ3) is 6.98. The average Bonchev–Trinajstić information content (AvgIpc) is 2.48. The van der Waals surface area contributed by atoms with Gasteiger partial charge >= 0.3 is 0 Å². The van der Waals surface area contributed by atoms with E-state index in [2.05, 4.69) is 13.8 Å². The molecule has 15 heavy (non-hydrogen) atoms. The SMILES string of the molecule is CC1CCCCC1.CC1CCCCCC1. The lowest BCUT2D eigenvalue weighted by atomic mass is 9.91. The largest absolute Gasteiger partial charge is 0.0625 e. The minimum atomic E-state index is 1.03. The molecule has 0 saturated heterocycles. The summed E-state index contributed by atoms with van der Waals surface area (Å²) in [5, 5.41) is 0. The maximum Gasteiger partial charge on any atom is -0.0443 e. The van der Waals surface area contributed by atoms with Gasteiger partial charge in [-0.25, -0.2) is 0 Å². The van der Waals surface area contributed by atoms with Crippen molar-refractivity contribution in [3.8, 4) is 0 Å². The molecule has 0 bridgehead atoms. The predicted molar refractivity (Wildman–Crippen MR) is 69.1 cm³/mol. The maximum absolute atomic E-state index is 2.38. The first-order valence-electron chi connectivity index (χ1n) is 7.29. The molecule has 0 unspecified atom stereocenters. The van der Waals surface area contributed by atoms with Crippen molar-refractivity contribution < 1.29 is 0 Å². The Kier molecular flexibility index (Phi) is 7.13. The van der Waals surface area contributed by atoms with Gasteiger partial charge in [-0.05, 0) is 11.8 Å². The first-order valence-corrected chi connectivity index (χ1v) is 7.29. The normalized spacial score (nSPS) is 25.2. The van der Waals surface area contributed by atoms with Crippen LogP contribution < -0.4 is 0 Å². The van der Waals surface area contributed by atoms with Crippen LogP contribution in [-0.4, -0.2) is 0 Å². The van der Waals surface area contributed by atoms with Gasteiger partial charge in [-0.1, -0.05) is 84.5 Å². The van der Waals surface area contributed by atoms with Crippen LogP contribution in [0.1, 0.15) is 84.5 Å². The van der Waals surface area contributed by atoms with Crippen molar-refractivity contribution in [3.05, 3.63) is 0 Å². The molecule has 0 radical (unpaired) electrons. The van der Waals surface area contributed by atoms with Crippen LogP contribution in [0.4, 0.5) is 0 Å². The Bertz CT molecular complexity index is 125. The maximum atomic E-state index is 2.38. The topological polar surface area (TPSA) is 0 Å². The molecule has 0 aromatic heterocycles. The van der Waals surface area contributed by atoms with Crippen LogP contribution in [-0.2, 0) is 0 Å². The van der Waals surface area contributed by atoms with E-state index in [1.54, 1.807) is 0 Å². The van der Waals surface area contributed by atoms with Gasteiger partial charge < -0.3 is 0 Å². The standard InChI is InChI=1S/C8H16.C7H14/c1-8-6-4-2-3-5-7-8;1-7-5-3-2-4-6-7/h8H,2-7H2,1H3;7H,2-6H2,1H3. The Morgan fingerprint density at radius 2 is 0.733 bits per heavy atom. The zero-order valence-corrected chi connectivity index (χ0v) is 10.9. The Labute approximate surface area is 96.8 Å². The van der Waals surface area contributed by atoms with E-state index in [0.717, 1.165) is 11.8 Å². The molecular weight excluding hydrogens is 180 g/mol. The third-order valence-electron chi connectivity index (χ3n) is 4.04. The number of hydrogen-bond donors (Lipinski definition) is 0. The Morgan fingerprint density at radius 1 is 0.467 bits per heavy atom. The first kappa shape index (κ1) is 13.1. The summed E-state index contributed by atoms with van der Waals surface area (Å²) in [5.41, 5.74) is 0. The van der Waals surface area contributed by atoms with Crippen LogP contribution in [0.15, 0.2) is 0 Å². The van der Waals surface area contributed by atoms with Crippen LogP contribution in [0, 0.1) is 11.8 Å². The average molecular weight is 210 g/mol. The van der Waals surface area contributed by atoms with E-state index >= 15 is 0 Å². The molecular formula is C15H30. The lowest BCUT2D eigenvalue weighted by Crippen LogP contribution is -1.99. The van der Waals surface area contributed by atoms with Gasteiger partial charge in [0.15, 0.2) is 0 Å². The van der Waals surface area contributed by atoms with E-state index in [-0.39, 0.29) is 0 Å². The van der Waals surface area contributed by atoms with Crippen molar-refractivity contribution in [2.24, 2.45) is 11.8 Å². The molecule has 2 aliphatic carbocycles. The summed E-state index contributed by atoms with van der Waals surface area (Å²) < 4.78 is 0. The van der Waals surface area contributed by atoms with Gasteiger partial charge in [0.05, 0.1) is 0 Å². The molecule has 0 heteroatoms. The van der Waals surface area contributed by atoms with E-state index < -0.39 is 0 Å². The van der Waals surface area contributed by atoms with Gasteiger partial charge in [0.1, 0.15) is 0 Å². The minimum Gasteiger partial charge on any atom is -0.0625 e. The third-order valence-corrected chi connectivity index (χ3v) is 4.04. The quantitative estimate of drug-likeness (QED) is 0.459. The molecule has 0 aromatic rings. The highest BCUT2D eigenvalue weighted by atomic mass is 14.1. The zero-order valence-electron chi connectivity index (χ0n) is 10.9. The second-order valence-electron chi connectivity index (χ2n) is 5.84. The van der Waals surface area contributed by atoms with Crippen molar-refractivity contribution in [2.45, 2.75) is 84.5 Å². The van der Waals surface area contributed by atoms with Gasteiger partial charge in [0.2, 0.25) is 0 Å². The second kappa shape index (κ2) is 8.19. The van der Waals surface area contributed by atoms with Gasteiger partial charge in [-0.3, -0.25) is 0 Å². The Hall–Kier alpha value is 0. The number of rotatable bonds is 0. The summed E-state index contributed by atoms with van der Waals surface area (Å²) in [6, 6.07) is 0. The van der Waals surface area contributed by atoms with Crippen molar-refractivity contribution in [3.63, 3.8) is 0 Å². The molecule has 2 fully saturated rings. The van der Waals surface area contributed by atoms with Crippen LogP contribution in [0.2, 0.25) is 0 Å². The summed E-state index contributed by atoms with van der Waals surface area (Å²) in [4.78, 5) is 0. The fourth-order valence-electron chi connectivity index (χ4n) is 2.79. The summed E-state index contributed by atoms with van der Waals surface area (Å²) in [6.45, 7) is 4.74.